The van der Waals surface area contributed by atoms with Crippen molar-refractivity contribution in [3.8, 4) is 11.4 Å². The van der Waals surface area contributed by atoms with E-state index in [2.05, 4.69) is 15.3 Å². The van der Waals surface area contributed by atoms with E-state index in [1.165, 1.54) is 0 Å². The molecule has 1 saturated heterocycles. The van der Waals surface area contributed by atoms with Crippen LogP contribution in [-0.2, 0) is 4.74 Å². The summed E-state index contributed by atoms with van der Waals surface area (Å²) in [6.07, 6.45) is 2.23. The van der Waals surface area contributed by atoms with E-state index in [-0.39, 0.29) is 12.0 Å². The molecule has 2 heterocycles. The van der Waals surface area contributed by atoms with Gasteiger partial charge in [0, 0.05) is 24.3 Å². The topological polar surface area (TPSA) is 67.0 Å². The molecule has 1 aliphatic rings. The fourth-order valence-electron chi connectivity index (χ4n) is 3.00. The molecule has 2 N–H and O–H groups in total. The molecule has 1 aliphatic heterocycles. The van der Waals surface area contributed by atoms with Crippen LogP contribution in [0.3, 0.4) is 0 Å². The number of aromatic amines is 1. The Morgan fingerprint density at radius 3 is 2.92 bits per heavy atom. The maximum absolute atomic E-state index is 12.3. The normalized spacial score (nSPS) is 17.2. The van der Waals surface area contributed by atoms with Gasteiger partial charge in [-0.3, -0.25) is 4.79 Å². The number of carbonyl (C=O) groups excluding carboxylic acids is 1. The third-order valence-corrected chi connectivity index (χ3v) is 4.31. The predicted molar refractivity (Wildman–Crippen MR) is 92.8 cm³/mol. The van der Waals surface area contributed by atoms with E-state index in [9.17, 15) is 4.79 Å². The molecule has 0 saturated carbocycles. The summed E-state index contributed by atoms with van der Waals surface area (Å²) in [7, 11) is 0. The summed E-state index contributed by atoms with van der Waals surface area (Å²) in [5.74, 6) is 0.728. The van der Waals surface area contributed by atoms with E-state index >= 15 is 0 Å². The van der Waals surface area contributed by atoms with E-state index in [4.69, 9.17) is 4.74 Å². The summed E-state index contributed by atoms with van der Waals surface area (Å²) < 4.78 is 5.53. The zero-order chi connectivity index (χ0) is 16.4. The van der Waals surface area contributed by atoms with E-state index in [1.807, 2.05) is 48.5 Å². The third-order valence-electron chi connectivity index (χ3n) is 4.31. The molecular weight excluding hydrogens is 302 g/mol. The number of nitrogens with zero attached hydrogens (tertiary/aromatic N) is 1. The number of nitrogens with one attached hydrogen (secondary N) is 2. The summed E-state index contributed by atoms with van der Waals surface area (Å²) in [4.78, 5) is 20.2. The van der Waals surface area contributed by atoms with Gasteiger partial charge in [-0.15, -0.1) is 0 Å². The third kappa shape index (κ3) is 3.03. The number of rotatable bonds is 4. The summed E-state index contributed by atoms with van der Waals surface area (Å²) in [5.41, 5.74) is 3.37. The molecule has 1 amide bonds. The smallest absolute Gasteiger partial charge is 0.251 e. The van der Waals surface area contributed by atoms with Crippen LogP contribution in [0, 0.1) is 0 Å². The Balaban J connectivity index is 1.53. The first kappa shape index (κ1) is 14.9. The van der Waals surface area contributed by atoms with Crippen molar-refractivity contribution in [1.82, 2.24) is 15.3 Å². The highest BCUT2D eigenvalue weighted by Crippen LogP contribution is 2.21. The van der Waals surface area contributed by atoms with Crippen LogP contribution in [0.4, 0.5) is 0 Å². The molecule has 1 aromatic heterocycles. The lowest BCUT2D eigenvalue weighted by molar-refractivity contribution is 0.0858. The molecule has 3 aromatic rings. The molecule has 2 aromatic carbocycles. The van der Waals surface area contributed by atoms with Crippen LogP contribution < -0.4 is 5.32 Å². The van der Waals surface area contributed by atoms with Crippen LogP contribution >= 0.6 is 0 Å². The molecule has 24 heavy (non-hydrogen) atoms. The molecule has 1 atom stereocenters. The number of ether oxygens (including phenoxy) is 1. The quantitative estimate of drug-likeness (QED) is 0.776. The molecule has 1 fully saturated rings. The van der Waals surface area contributed by atoms with E-state index in [0.717, 1.165) is 41.9 Å². The number of carbonyl (C=O) groups is 1. The SMILES string of the molecule is O=C(NCC1CCCO1)c1ccc2nc(-c3ccccc3)[nH]c2c1. The van der Waals surface area contributed by atoms with Gasteiger partial charge in [-0.1, -0.05) is 30.3 Å². The van der Waals surface area contributed by atoms with Crippen molar-refractivity contribution in [2.45, 2.75) is 18.9 Å². The first-order valence-electron chi connectivity index (χ1n) is 8.24. The molecular formula is C19H19N3O2. The molecule has 122 valence electrons. The van der Waals surface area contributed by atoms with Crippen molar-refractivity contribution < 1.29 is 9.53 Å². The fraction of sp³-hybridized carbons (Fsp3) is 0.263. The standard InChI is InChI=1S/C19H19N3O2/c23-19(20-12-15-7-4-10-24-15)14-8-9-16-17(11-14)22-18(21-16)13-5-2-1-3-6-13/h1-3,5-6,8-9,11,15H,4,7,10,12H2,(H,20,23)(H,21,22). The first-order chi connectivity index (χ1) is 11.8. The highest BCUT2D eigenvalue weighted by molar-refractivity contribution is 5.97. The van der Waals surface area contributed by atoms with Crippen molar-refractivity contribution in [3.63, 3.8) is 0 Å². The minimum Gasteiger partial charge on any atom is -0.376 e. The van der Waals surface area contributed by atoms with Crippen LogP contribution in [0.25, 0.3) is 22.4 Å². The average molecular weight is 321 g/mol. The Morgan fingerprint density at radius 2 is 2.12 bits per heavy atom. The van der Waals surface area contributed by atoms with E-state index in [1.54, 1.807) is 0 Å². The number of fused-ring (bicyclic) bond motifs is 1. The van der Waals surface area contributed by atoms with Gasteiger partial charge in [0.05, 0.1) is 17.1 Å². The highest BCUT2D eigenvalue weighted by Gasteiger charge is 2.17. The maximum Gasteiger partial charge on any atom is 0.251 e. The zero-order valence-corrected chi connectivity index (χ0v) is 13.3. The Labute approximate surface area is 140 Å². The number of aromatic nitrogens is 2. The molecule has 5 heteroatoms. The number of imidazole rings is 1. The molecule has 0 bridgehead atoms. The molecule has 0 spiro atoms. The number of H-pyrrole nitrogens is 1. The Morgan fingerprint density at radius 1 is 1.25 bits per heavy atom. The summed E-state index contributed by atoms with van der Waals surface area (Å²) in [5, 5.41) is 2.95. The van der Waals surface area contributed by atoms with E-state index in [0.29, 0.717) is 12.1 Å². The Hall–Kier alpha value is -2.66. The van der Waals surface area contributed by atoms with Crippen molar-refractivity contribution in [3.05, 3.63) is 54.1 Å². The minimum atomic E-state index is -0.0803. The molecule has 0 radical (unpaired) electrons. The lowest BCUT2D eigenvalue weighted by Gasteiger charge is -2.10. The summed E-state index contributed by atoms with van der Waals surface area (Å²) >= 11 is 0. The Kier molecular flexibility index (Phi) is 4.01. The highest BCUT2D eigenvalue weighted by atomic mass is 16.5. The van der Waals surface area contributed by atoms with Gasteiger partial charge in [0.15, 0.2) is 0 Å². The number of benzene rings is 2. The van der Waals surface area contributed by atoms with Crippen LogP contribution in [0.2, 0.25) is 0 Å². The second-order valence-electron chi connectivity index (χ2n) is 6.03. The largest absolute Gasteiger partial charge is 0.376 e. The van der Waals surface area contributed by atoms with Gasteiger partial charge in [-0.05, 0) is 31.0 Å². The molecule has 4 rings (SSSR count). The minimum absolute atomic E-state index is 0.0803. The first-order valence-corrected chi connectivity index (χ1v) is 8.24. The number of hydrogen-bond acceptors (Lipinski definition) is 3. The van der Waals surface area contributed by atoms with Gasteiger partial charge in [-0.2, -0.15) is 0 Å². The molecule has 1 unspecified atom stereocenters. The fourth-order valence-corrected chi connectivity index (χ4v) is 3.00. The van der Waals surface area contributed by atoms with Gasteiger partial charge >= 0.3 is 0 Å². The number of amides is 1. The van der Waals surface area contributed by atoms with Crippen LogP contribution in [-0.4, -0.2) is 35.1 Å². The van der Waals surface area contributed by atoms with Crippen LogP contribution in [0.5, 0.6) is 0 Å². The average Bonchev–Trinajstić information content (AvgIpc) is 3.29. The zero-order valence-electron chi connectivity index (χ0n) is 13.3. The van der Waals surface area contributed by atoms with Gasteiger partial charge < -0.3 is 15.0 Å². The molecule has 0 aliphatic carbocycles. The Bertz CT molecular complexity index is 851. The van der Waals surface area contributed by atoms with Gasteiger partial charge in [-0.25, -0.2) is 4.98 Å². The van der Waals surface area contributed by atoms with Gasteiger partial charge in [0.2, 0.25) is 0 Å². The maximum atomic E-state index is 12.3. The second-order valence-corrected chi connectivity index (χ2v) is 6.03. The van der Waals surface area contributed by atoms with Crippen LogP contribution in [0.15, 0.2) is 48.5 Å². The van der Waals surface area contributed by atoms with Crippen molar-refractivity contribution >= 4 is 16.9 Å². The van der Waals surface area contributed by atoms with Crippen molar-refractivity contribution in [2.75, 3.05) is 13.2 Å². The van der Waals surface area contributed by atoms with Gasteiger partial charge in [0.25, 0.3) is 5.91 Å². The van der Waals surface area contributed by atoms with Gasteiger partial charge in [0.1, 0.15) is 5.82 Å². The second kappa shape index (κ2) is 6.45. The lowest BCUT2D eigenvalue weighted by atomic mass is 10.2. The van der Waals surface area contributed by atoms with Crippen molar-refractivity contribution in [2.24, 2.45) is 0 Å². The predicted octanol–water partition coefficient (Wildman–Crippen LogP) is 3.14. The molecule has 5 nitrogen and oxygen atoms in total. The summed E-state index contributed by atoms with van der Waals surface area (Å²) in [6.45, 7) is 1.36. The van der Waals surface area contributed by atoms with Crippen molar-refractivity contribution in [1.29, 1.82) is 0 Å². The monoisotopic (exact) mass is 321 g/mol. The number of hydrogen-bond donors (Lipinski definition) is 2. The van der Waals surface area contributed by atoms with E-state index < -0.39 is 0 Å². The lowest BCUT2D eigenvalue weighted by Crippen LogP contribution is -2.31. The van der Waals surface area contributed by atoms with Crippen LogP contribution in [0.1, 0.15) is 23.2 Å². The summed E-state index contributed by atoms with van der Waals surface area (Å²) in [6, 6.07) is 15.5.